The van der Waals surface area contributed by atoms with Crippen LogP contribution in [0, 0.1) is 20.8 Å². The van der Waals surface area contributed by atoms with Gasteiger partial charge in [-0.15, -0.1) is 0 Å². The largest absolute Gasteiger partial charge is 0.324 e. The van der Waals surface area contributed by atoms with Crippen LogP contribution in [0.4, 0.5) is 39.4 Å². The predicted octanol–water partition coefficient (Wildman–Crippen LogP) is 5.80. The van der Waals surface area contributed by atoms with Crippen molar-refractivity contribution in [2.24, 2.45) is 0 Å². The quantitative estimate of drug-likeness (QED) is 0.208. The first kappa shape index (κ1) is 22.8. The molecule has 0 aliphatic rings. The molecule has 0 fully saturated rings. The molecule has 5 rings (SSSR count). The van der Waals surface area contributed by atoms with E-state index in [0.29, 0.717) is 29.0 Å². The van der Waals surface area contributed by atoms with Crippen molar-refractivity contribution in [2.75, 3.05) is 21.3 Å². The smallest absolute Gasteiger partial charge is 0.323 e. The number of nitrogens with zero attached hydrogens (tertiary/aromatic N) is 4. The number of amides is 2. The molecule has 0 aliphatic carbocycles. The normalized spacial score (nSPS) is 10.8. The average Bonchev–Trinajstić information content (AvgIpc) is 3.25. The van der Waals surface area contributed by atoms with Crippen LogP contribution in [0.15, 0.2) is 66.9 Å². The first-order valence-corrected chi connectivity index (χ1v) is 11.4. The van der Waals surface area contributed by atoms with Gasteiger partial charge < -0.3 is 21.3 Å². The van der Waals surface area contributed by atoms with Crippen LogP contribution in [0.25, 0.3) is 10.9 Å². The Balaban J connectivity index is 1.27. The fraction of sp³-hybridized carbons (Fsp3) is 0.115. The highest BCUT2D eigenvalue weighted by molar-refractivity contribution is 6.05. The number of carbonyl (C=O) groups excluding carboxylic acids is 1. The highest BCUT2D eigenvalue weighted by Gasteiger charge is 2.10. The summed E-state index contributed by atoms with van der Waals surface area (Å²) in [7, 11) is 0. The molecule has 5 aromatic rings. The Morgan fingerprint density at radius 3 is 2.50 bits per heavy atom. The summed E-state index contributed by atoms with van der Waals surface area (Å²) in [4.78, 5) is 26.0. The average molecular weight is 480 g/mol. The summed E-state index contributed by atoms with van der Waals surface area (Å²) in [6.45, 7) is 5.78. The van der Waals surface area contributed by atoms with Gasteiger partial charge in [0, 0.05) is 46.5 Å². The van der Waals surface area contributed by atoms with Crippen molar-refractivity contribution in [3.63, 3.8) is 0 Å². The van der Waals surface area contributed by atoms with Gasteiger partial charge in [-0.2, -0.15) is 10.1 Å². The van der Waals surface area contributed by atoms with Crippen LogP contribution in [0.2, 0.25) is 0 Å². The van der Waals surface area contributed by atoms with Crippen LogP contribution in [-0.4, -0.2) is 31.2 Å². The molecule has 10 heteroatoms. The summed E-state index contributed by atoms with van der Waals surface area (Å²) in [6.07, 6.45) is 1.70. The van der Waals surface area contributed by atoms with Gasteiger partial charge in [-0.25, -0.2) is 9.78 Å². The predicted molar refractivity (Wildman–Crippen MR) is 142 cm³/mol. The number of anilines is 6. The number of carbonyl (C=O) groups is 1. The second kappa shape index (κ2) is 9.71. The molecule has 2 amide bonds. The lowest BCUT2D eigenvalue weighted by atomic mass is 10.1. The second-order valence-electron chi connectivity index (χ2n) is 8.39. The maximum absolute atomic E-state index is 12.6. The van der Waals surface area contributed by atoms with E-state index >= 15 is 0 Å². The third kappa shape index (κ3) is 5.22. The second-order valence-corrected chi connectivity index (χ2v) is 8.39. The molecule has 0 saturated carbocycles. The molecule has 0 radical (unpaired) electrons. The molecule has 10 nitrogen and oxygen atoms in total. The first-order chi connectivity index (χ1) is 17.4. The van der Waals surface area contributed by atoms with E-state index in [-0.39, 0.29) is 6.03 Å². The van der Waals surface area contributed by atoms with Crippen LogP contribution < -0.4 is 21.3 Å². The molecule has 0 bridgehead atoms. The van der Waals surface area contributed by atoms with Crippen molar-refractivity contribution in [1.82, 2.24) is 25.1 Å². The van der Waals surface area contributed by atoms with Gasteiger partial charge in [0.25, 0.3) is 0 Å². The van der Waals surface area contributed by atoms with Crippen molar-refractivity contribution in [1.29, 1.82) is 0 Å². The van der Waals surface area contributed by atoms with Crippen molar-refractivity contribution >= 4 is 51.6 Å². The van der Waals surface area contributed by atoms with E-state index in [1.54, 1.807) is 6.20 Å². The Morgan fingerprint density at radius 2 is 1.69 bits per heavy atom. The zero-order valence-corrected chi connectivity index (χ0v) is 20.0. The molecule has 0 saturated heterocycles. The molecule has 0 atom stereocenters. The highest BCUT2D eigenvalue weighted by atomic mass is 16.2. The number of rotatable bonds is 6. The molecule has 2 aromatic carbocycles. The van der Waals surface area contributed by atoms with Crippen molar-refractivity contribution in [3.8, 4) is 0 Å². The molecule has 0 unspecified atom stereocenters. The molecule has 3 heterocycles. The van der Waals surface area contributed by atoms with Crippen LogP contribution in [0.5, 0.6) is 0 Å². The Kier molecular flexibility index (Phi) is 6.14. The van der Waals surface area contributed by atoms with E-state index in [2.05, 4.69) is 46.4 Å². The van der Waals surface area contributed by atoms with Crippen molar-refractivity contribution in [2.45, 2.75) is 20.8 Å². The van der Waals surface area contributed by atoms with Crippen LogP contribution in [0.1, 0.15) is 17.0 Å². The van der Waals surface area contributed by atoms with Gasteiger partial charge >= 0.3 is 6.03 Å². The summed E-state index contributed by atoms with van der Waals surface area (Å²) >= 11 is 0. The topological polar surface area (TPSA) is 133 Å². The molecule has 0 spiro atoms. The SMILES string of the molecule is Cc1cc(Nc2cc(C)[nH]n2)nc(Nc2ccc(NC(=O)Nc3cccc4cccnc34)cc2C)n1. The van der Waals surface area contributed by atoms with E-state index in [4.69, 9.17) is 0 Å². The lowest BCUT2D eigenvalue weighted by molar-refractivity contribution is 0.262. The molecule has 0 aliphatic heterocycles. The number of hydrogen-bond acceptors (Lipinski definition) is 7. The number of para-hydroxylation sites is 1. The molecule has 180 valence electrons. The summed E-state index contributed by atoms with van der Waals surface area (Å²) in [5, 5.41) is 20.2. The number of pyridine rings is 1. The Bertz CT molecular complexity index is 1560. The molecule has 36 heavy (non-hydrogen) atoms. The molecular formula is C26H25N9O. The van der Waals surface area contributed by atoms with E-state index in [1.807, 2.05) is 81.4 Å². The summed E-state index contributed by atoms with van der Waals surface area (Å²) < 4.78 is 0. The maximum Gasteiger partial charge on any atom is 0.323 e. The molecule has 5 N–H and O–H groups in total. The fourth-order valence-electron chi connectivity index (χ4n) is 3.79. The number of benzene rings is 2. The number of H-pyrrole nitrogens is 1. The van der Waals surface area contributed by atoms with Crippen LogP contribution >= 0.6 is 0 Å². The minimum Gasteiger partial charge on any atom is -0.324 e. The van der Waals surface area contributed by atoms with Gasteiger partial charge in [0.15, 0.2) is 5.82 Å². The van der Waals surface area contributed by atoms with E-state index in [9.17, 15) is 4.79 Å². The van der Waals surface area contributed by atoms with E-state index in [1.165, 1.54) is 0 Å². The third-order valence-electron chi connectivity index (χ3n) is 5.43. The fourth-order valence-corrected chi connectivity index (χ4v) is 3.79. The highest BCUT2D eigenvalue weighted by Crippen LogP contribution is 2.25. The number of aryl methyl sites for hydroxylation is 3. The minimum atomic E-state index is -0.348. The maximum atomic E-state index is 12.6. The van der Waals surface area contributed by atoms with Gasteiger partial charge in [0.05, 0.1) is 11.2 Å². The number of aromatic nitrogens is 5. The van der Waals surface area contributed by atoms with E-state index in [0.717, 1.165) is 33.5 Å². The lowest BCUT2D eigenvalue weighted by Crippen LogP contribution is -2.19. The number of aromatic amines is 1. The summed E-state index contributed by atoms with van der Waals surface area (Å²) in [5.74, 6) is 1.77. The van der Waals surface area contributed by atoms with Gasteiger partial charge in [-0.3, -0.25) is 10.1 Å². The third-order valence-corrected chi connectivity index (χ3v) is 5.43. The monoisotopic (exact) mass is 479 g/mol. The number of urea groups is 1. The Hall–Kier alpha value is -4.99. The minimum absolute atomic E-state index is 0.348. The molecule has 3 aromatic heterocycles. The summed E-state index contributed by atoms with van der Waals surface area (Å²) in [5.41, 5.74) is 5.54. The Labute approximate surface area is 207 Å². The van der Waals surface area contributed by atoms with Gasteiger partial charge in [-0.1, -0.05) is 18.2 Å². The number of hydrogen-bond donors (Lipinski definition) is 5. The van der Waals surface area contributed by atoms with Crippen LogP contribution in [-0.2, 0) is 0 Å². The zero-order valence-electron chi connectivity index (χ0n) is 20.0. The van der Waals surface area contributed by atoms with Crippen molar-refractivity contribution in [3.05, 3.63) is 83.8 Å². The Morgan fingerprint density at radius 1 is 0.833 bits per heavy atom. The zero-order chi connectivity index (χ0) is 25.1. The van der Waals surface area contributed by atoms with Crippen LogP contribution in [0.3, 0.4) is 0 Å². The lowest BCUT2D eigenvalue weighted by Gasteiger charge is -2.13. The number of fused-ring (bicyclic) bond motifs is 1. The van der Waals surface area contributed by atoms with Gasteiger partial charge in [0.2, 0.25) is 5.95 Å². The number of nitrogens with one attached hydrogen (secondary N) is 5. The first-order valence-electron chi connectivity index (χ1n) is 11.4. The van der Waals surface area contributed by atoms with Gasteiger partial charge in [0.1, 0.15) is 5.82 Å². The van der Waals surface area contributed by atoms with Gasteiger partial charge in [-0.05, 0) is 56.7 Å². The summed E-state index contributed by atoms with van der Waals surface area (Å²) in [6, 6.07) is 18.4. The van der Waals surface area contributed by atoms with Crippen molar-refractivity contribution < 1.29 is 4.79 Å². The standard InChI is InChI=1S/C26H25N9O/c1-15-12-19(29-26(36)31-21-8-4-6-18-7-5-11-27-24(18)21)9-10-20(15)30-25-28-16(2)13-22(33-25)32-23-14-17(3)34-35-23/h4-14H,1-3H3,(H2,29,31,36)(H3,28,30,32,33,34,35). The molecular weight excluding hydrogens is 454 g/mol. The van der Waals surface area contributed by atoms with E-state index < -0.39 is 0 Å².